The first kappa shape index (κ1) is 9.76. The zero-order valence-corrected chi connectivity index (χ0v) is 8.24. The zero-order chi connectivity index (χ0) is 10.2. The van der Waals surface area contributed by atoms with Gasteiger partial charge in [-0.3, -0.25) is 0 Å². The number of H-pyrrole nitrogens is 1. The molecule has 1 aliphatic carbocycles. The Morgan fingerprint density at radius 3 is 2.57 bits per heavy atom. The summed E-state index contributed by atoms with van der Waals surface area (Å²) in [6, 6.07) is 0. The monoisotopic (exact) mass is 220 g/mol. The molecular weight excluding hydrogens is 210 g/mol. The van der Waals surface area contributed by atoms with Crippen LogP contribution in [0.5, 0.6) is 0 Å². The van der Waals surface area contributed by atoms with Crippen molar-refractivity contribution in [2.75, 3.05) is 0 Å². The van der Waals surface area contributed by atoms with Crippen molar-refractivity contribution in [2.24, 2.45) is 0 Å². The first-order chi connectivity index (χ1) is 6.57. The predicted molar refractivity (Wildman–Crippen MR) is 47.8 cm³/mol. The van der Waals surface area contributed by atoms with E-state index in [1.54, 1.807) is 0 Å². The summed E-state index contributed by atoms with van der Waals surface area (Å²) in [5, 5.41) is 6.34. The van der Waals surface area contributed by atoms with Gasteiger partial charge in [-0.05, 0) is 25.1 Å². The van der Waals surface area contributed by atoms with Crippen LogP contribution in [0.1, 0.15) is 37.5 Å². The van der Waals surface area contributed by atoms with Gasteiger partial charge in [0.25, 0.3) is 4.84 Å². The van der Waals surface area contributed by atoms with E-state index in [2.05, 4.69) is 10.2 Å². The second kappa shape index (κ2) is 3.42. The van der Waals surface area contributed by atoms with Gasteiger partial charge in [-0.25, -0.2) is 13.9 Å². The highest BCUT2D eigenvalue weighted by molar-refractivity contribution is 7.71. The molecule has 1 fully saturated rings. The van der Waals surface area contributed by atoms with Gasteiger partial charge in [0.1, 0.15) is 0 Å². The summed E-state index contributed by atoms with van der Waals surface area (Å²) in [5.41, 5.74) is 0. The Morgan fingerprint density at radius 1 is 1.43 bits per heavy atom. The number of aromatic nitrogens is 2. The van der Waals surface area contributed by atoms with Crippen molar-refractivity contribution in [3.8, 4) is 0 Å². The molecule has 1 aromatic heterocycles. The van der Waals surface area contributed by atoms with Gasteiger partial charge in [0.2, 0.25) is 11.8 Å². The number of alkyl halides is 2. The Morgan fingerprint density at radius 2 is 2.07 bits per heavy atom. The van der Waals surface area contributed by atoms with E-state index in [-0.39, 0.29) is 23.6 Å². The minimum absolute atomic E-state index is 0.0115. The van der Waals surface area contributed by atoms with E-state index in [1.807, 2.05) is 0 Å². The summed E-state index contributed by atoms with van der Waals surface area (Å²) >= 11 is 4.71. The molecule has 1 aromatic rings. The van der Waals surface area contributed by atoms with Crippen LogP contribution in [0.4, 0.5) is 8.78 Å². The van der Waals surface area contributed by atoms with Crippen molar-refractivity contribution < 1.29 is 13.2 Å². The van der Waals surface area contributed by atoms with Crippen LogP contribution in [0.25, 0.3) is 0 Å². The molecule has 0 aliphatic heterocycles. The molecule has 14 heavy (non-hydrogen) atoms. The molecule has 0 aromatic carbocycles. The van der Waals surface area contributed by atoms with E-state index >= 15 is 0 Å². The fraction of sp³-hybridized carbons (Fsp3) is 0.750. The van der Waals surface area contributed by atoms with Gasteiger partial charge in [0.15, 0.2) is 0 Å². The molecule has 1 saturated carbocycles. The van der Waals surface area contributed by atoms with Crippen molar-refractivity contribution in [1.82, 2.24) is 10.2 Å². The number of nitrogens with one attached hydrogen (secondary N) is 1. The summed E-state index contributed by atoms with van der Waals surface area (Å²) < 4.78 is 30.7. The number of halogens is 2. The smallest absolute Gasteiger partial charge is 0.284 e. The Balaban J connectivity index is 2.06. The van der Waals surface area contributed by atoms with Gasteiger partial charge in [-0.15, -0.1) is 5.10 Å². The Labute approximate surface area is 84.5 Å². The summed E-state index contributed by atoms with van der Waals surface area (Å²) in [7, 11) is 0. The molecule has 0 radical (unpaired) electrons. The summed E-state index contributed by atoms with van der Waals surface area (Å²) in [6.07, 6.45) is 0.645. The Kier molecular flexibility index (Phi) is 2.38. The predicted octanol–water partition coefficient (Wildman–Crippen LogP) is 3.03. The average molecular weight is 220 g/mol. The Hall–Kier alpha value is -0.780. The van der Waals surface area contributed by atoms with Gasteiger partial charge in [-0.2, -0.15) is 0 Å². The number of hydrogen-bond donors (Lipinski definition) is 1. The fourth-order valence-corrected chi connectivity index (χ4v) is 1.83. The van der Waals surface area contributed by atoms with Gasteiger partial charge >= 0.3 is 0 Å². The SMILES string of the molecule is FC1(F)CCC(c2n[nH]c(=S)o2)CC1. The summed E-state index contributed by atoms with van der Waals surface area (Å²) in [4.78, 5) is 0.206. The lowest BCUT2D eigenvalue weighted by Crippen LogP contribution is -2.23. The zero-order valence-electron chi connectivity index (χ0n) is 7.43. The molecule has 0 saturated heterocycles. The normalized spacial score (nSPS) is 22.4. The van der Waals surface area contributed by atoms with E-state index in [0.29, 0.717) is 18.7 Å². The van der Waals surface area contributed by atoms with Gasteiger partial charge in [0, 0.05) is 18.8 Å². The van der Waals surface area contributed by atoms with Crippen molar-refractivity contribution >= 4 is 12.2 Å². The molecule has 0 bridgehead atoms. The number of nitrogens with zero attached hydrogens (tertiary/aromatic N) is 1. The quantitative estimate of drug-likeness (QED) is 0.739. The van der Waals surface area contributed by atoms with Gasteiger partial charge < -0.3 is 4.42 Å². The van der Waals surface area contributed by atoms with Crippen LogP contribution in [0.15, 0.2) is 4.42 Å². The van der Waals surface area contributed by atoms with E-state index < -0.39 is 5.92 Å². The summed E-state index contributed by atoms with van der Waals surface area (Å²) in [5.74, 6) is -2.06. The molecule has 0 unspecified atom stereocenters. The molecule has 1 aliphatic rings. The Bertz CT molecular complexity index is 363. The first-order valence-corrected chi connectivity index (χ1v) is 4.91. The van der Waals surface area contributed by atoms with E-state index in [9.17, 15) is 8.78 Å². The van der Waals surface area contributed by atoms with Crippen LogP contribution < -0.4 is 0 Å². The average Bonchev–Trinajstić information content (AvgIpc) is 2.52. The third-order valence-corrected chi connectivity index (χ3v) is 2.70. The third-order valence-electron chi connectivity index (χ3n) is 2.52. The molecule has 6 heteroatoms. The lowest BCUT2D eigenvalue weighted by Gasteiger charge is -2.25. The maximum absolute atomic E-state index is 12.8. The molecule has 0 amide bonds. The lowest BCUT2D eigenvalue weighted by atomic mass is 9.87. The first-order valence-electron chi connectivity index (χ1n) is 4.50. The van der Waals surface area contributed by atoms with Crippen molar-refractivity contribution in [1.29, 1.82) is 0 Å². The second-order valence-corrected chi connectivity index (χ2v) is 3.95. The van der Waals surface area contributed by atoms with E-state index in [1.165, 1.54) is 0 Å². The van der Waals surface area contributed by atoms with E-state index in [0.717, 1.165) is 0 Å². The third kappa shape index (κ3) is 2.00. The van der Waals surface area contributed by atoms with Crippen LogP contribution in [0.3, 0.4) is 0 Å². The van der Waals surface area contributed by atoms with Crippen molar-refractivity contribution in [3.63, 3.8) is 0 Å². The molecule has 3 nitrogen and oxygen atoms in total. The molecule has 2 rings (SSSR count). The van der Waals surface area contributed by atoms with Crippen LogP contribution in [0.2, 0.25) is 0 Å². The van der Waals surface area contributed by atoms with Crippen molar-refractivity contribution in [2.45, 2.75) is 37.5 Å². The number of rotatable bonds is 1. The second-order valence-electron chi connectivity index (χ2n) is 3.58. The molecule has 0 spiro atoms. The minimum atomic E-state index is -2.51. The van der Waals surface area contributed by atoms with E-state index in [4.69, 9.17) is 16.6 Å². The standard InChI is InChI=1S/C8H10F2N2OS/c9-8(10)3-1-5(2-4-8)6-11-12-7(14)13-6/h5H,1-4H2,(H,12,14). The van der Waals surface area contributed by atoms with Crippen LogP contribution in [-0.2, 0) is 0 Å². The topological polar surface area (TPSA) is 41.8 Å². The van der Waals surface area contributed by atoms with Crippen LogP contribution in [-0.4, -0.2) is 16.1 Å². The highest BCUT2D eigenvalue weighted by atomic mass is 32.1. The summed E-state index contributed by atoms with van der Waals surface area (Å²) in [6.45, 7) is 0. The largest absolute Gasteiger partial charge is 0.414 e. The lowest BCUT2D eigenvalue weighted by molar-refractivity contribution is -0.0399. The molecule has 1 N–H and O–H groups in total. The molecule has 0 atom stereocenters. The van der Waals surface area contributed by atoms with Gasteiger partial charge in [-0.1, -0.05) is 0 Å². The van der Waals surface area contributed by atoms with Crippen LogP contribution >= 0.6 is 12.2 Å². The maximum Gasteiger partial charge on any atom is 0.284 e. The van der Waals surface area contributed by atoms with Gasteiger partial charge in [0.05, 0.1) is 0 Å². The van der Waals surface area contributed by atoms with Crippen LogP contribution in [0, 0.1) is 4.84 Å². The molecular formula is C8H10F2N2OS. The highest BCUT2D eigenvalue weighted by Gasteiger charge is 2.36. The number of aromatic amines is 1. The maximum atomic E-state index is 12.8. The minimum Gasteiger partial charge on any atom is -0.414 e. The highest BCUT2D eigenvalue weighted by Crippen LogP contribution is 2.40. The molecule has 78 valence electrons. The van der Waals surface area contributed by atoms with Crippen molar-refractivity contribution in [3.05, 3.63) is 10.7 Å². The number of hydrogen-bond acceptors (Lipinski definition) is 3. The molecule has 1 heterocycles. The fourth-order valence-electron chi connectivity index (χ4n) is 1.70.